The molecule has 132 valence electrons. The maximum absolute atomic E-state index is 12.8. The summed E-state index contributed by atoms with van der Waals surface area (Å²) in [5, 5.41) is 0. The lowest BCUT2D eigenvalue weighted by Gasteiger charge is -2.27. The molecular weight excluding hydrogens is 334 g/mol. The molecule has 1 saturated carbocycles. The third kappa shape index (κ3) is 5.77. The Balaban J connectivity index is 2.25. The van der Waals surface area contributed by atoms with Gasteiger partial charge >= 0.3 is 0 Å². The van der Waals surface area contributed by atoms with E-state index in [1.165, 1.54) is 19.3 Å². The molecule has 0 aliphatic heterocycles. The summed E-state index contributed by atoms with van der Waals surface area (Å²) in [5.74, 6) is 3.61. The quantitative estimate of drug-likeness (QED) is 0.646. The van der Waals surface area contributed by atoms with Crippen LogP contribution in [0.1, 0.15) is 37.7 Å². The van der Waals surface area contributed by atoms with Gasteiger partial charge in [0.15, 0.2) is 0 Å². The van der Waals surface area contributed by atoms with Crippen LogP contribution in [0.4, 0.5) is 0 Å². The number of benzene rings is 1. The molecule has 1 aliphatic rings. The van der Waals surface area contributed by atoms with Gasteiger partial charge in [0.1, 0.15) is 8.07 Å². The molecule has 0 bridgehead atoms. The first-order chi connectivity index (χ1) is 11.2. The Bertz CT molecular complexity index is 702. The van der Waals surface area contributed by atoms with Crippen LogP contribution in [0.3, 0.4) is 0 Å². The van der Waals surface area contributed by atoms with Crippen LogP contribution in [-0.2, 0) is 10.0 Å². The smallest absolute Gasteiger partial charge is 0.207 e. The minimum atomic E-state index is -3.53. The molecular formula is C19H29NO2SSi. The van der Waals surface area contributed by atoms with Crippen LogP contribution in [0, 0.1) is 24.3 Å². The molecule has 0 radical (unpaired) electrons. The van der Waals surface area contributed by atoms with E-state index in [1.54, 1.807) is 12.1 Å². The predicted octanol–water partition coefficient (Wildman–Crippen LogP) is 4.10. The third-order valence-electron chi connectivity index (χ3n) is 4.34. The molecule has 1 atom stereocenters. The number of aryl methyl sites for hydroxylation is 1. The summed E-state index contributed by atoms with van der Waals surface area (Å²) in [6.07, 6.45) is 5.70. The Morgan fingerprint density at radius 3 is 2.21 bits per heavy atom. The molecule has 1 fully saturated rings. The van der Waals surface area contributed by atoms with Gasteiger partial charge in [0.2, 0.25) is 10.0 Å². The van der Waals surface area contributed by atoms with Crippen LogP contribution in [0.25, 0.3) is 0 Å². The largest absolute Gasteiger partial charge is 0.241 e. The maximum atomic E-state index is 12.8. The lowest BCUT2D eigenvalue weighted by molar-refractivity contribution is 0.325. The van der Waals surface area contributed by atoms with E-state index in [1.807, 2.05) is 19.1 Å². The zero-order valence-corrected chi connectivity index (χ0v) is 17.0. The van der Waals surface area contributed by atoms with E-state index in [0.717, 1.165) is 18.4 Å². The Morgan fingerprint density at radius 1 is 1.08 bits per heavy atom. The van der Waals surface area contributed by atoms with E-state index >= 15 is 0 Å². The Hall–Kier alpha value is -1.09. The molecule has 24 heavy (non-hydrogen) atoms. The predicted molar refractivity (Wildman–Crippen MR) is 103 cm³/mol. The third-order valence-corrected chi connectivity index (χ3v) is 6.69. The van der Waals surface area contributed by atoms with E-state index in [0.29, 0.717) is 10.8 Å². The molecule has 1 aliphatic carbocycles. The van der Waals surface area contributed by atoms with Crippen molar-refractivity contribution in [2.75, 3.05) is 0 Å². The van der Waals surface area contributed by atoms with Crippen molar-refractivity contribution in [1.29, 1.82) is 0 Å². The minimum absolute atomic E-state index is 0.275. The van der Waals surface area contributed by atoms with Gasteiger partial charge in [-0.05, 0) is 37.8 Å². The van der Waals surface area contributed by atoms with Crippen molar-refractivity contribution in [3.63, 3.8) is 0 Å². The minimum Gasteiger partial charge on any atom is -0.207 e. The van der Waals surface area contributed by atoms with Gasteiger partial charge in [-0.3, -0.25) is 0 Å². The van der Waals surface area contributed by atoms with Gasteiger partial charge in [0.05, 0.1) is 10.9 Å². The normalized spacial score (nSPS) is 17.8. The average molecular weight is 364 g/mol. The highest BCUT2D eigenvalue weighted by Gasteiger charge is 2.27. The fourth-order valence-corrected chi connectivity index (χ4v) is 4.76. The lowest BCUT2D eigenvalue weighted by Crippen LogP contribution is -2.40. The van der Waals surface area contributed by atoms with Crippen molar-refractivity contribution in [3.05, 3.63) is 29.8 Å². The van der Waals surface area contributed by atoms with Crippen molar-refractivity contribution in [2.45, 2.75) is 69.6 Å². The van der Waals surface area contributed by atoms with Crippen LogP contribution in [0.5, 0.6) is 0 Å². The standard InChI is InChI=1S/C19H29NO2SSi/c1-16-10-12-18(13-11-16)23(21,22)20-19(14-15-24(2,3)4)17-8-6-5-7-9-17/h10-13,17,19-20H,5-9H2,1-4H3. The van der Waals surface area contributed by atoms with Gasteiger partial charge in [-0.2, -0.15) is 4.72 Å². The second kappa shape index (κ2) is 7.86. The van der Waals surface area contributed by atoms with Crippen molar-refractivity contribution < 1.29 is 8.42 Å². The van der Waals surface area contributed by atoms with E-state index in [4.69, 9.17) is 0 Å². The van der Waals surface area contributed by atoms with Gasteiger partial charge < -0.3 is 0 Å². The summed E-state index contributed by atoms with van der Waals surface area (Å²) in [5.41, 5.74) is 4.42. The molecule has 0 spiro atoms. The van der Waals surface area contributed by atoms with Crippen LogP contribution in [0.2, 0.25) is 19.6 Å². The summed E-state index contributed by atoms with van der Waals surface area (Å²) >= 11 is 0. The SMILES string of the molecule is Cc1ccc(S(=O)(=O)NC(C#C[Si](C)(C)C)C2CCCCC2)cc1. The number of nitrogens with one attached hydrogen (secondary N) is 1. The van der Waals surface area contributed by atoms with Crippen LogP contribution < -0.4 is 4.72 Å². The molecule has 1 aromatic rings. The highest BCUT2D eigenvalue weighted by atomic mass is 32.2. The average Bonchev–Trinajstić information content (AvgIpc) is 2.52. The molecule has 1 N–H and O–H groups in total. The molecule has 2 rings (SSSR count). The lowest BCUT2D eigenvalue weighted by atomic mass is 9.84. The van der Waals surface area contributed by atoms with E-state index in [2.05, 4.69) is 35.8 Å². The molecule has 0 saturated heterocycles. The zero-order chi connectivity index (χ0) is 17.8. The number of sulfonamides is 1. The van der Waals surface area contributed by atoms with E-state index in [9.17, 15) is 8.42 Å². The summed E-state index contributed by atoms with van der Waals surface area (Å²) in [6, 6.07) is 6.72. The monoisotopic (exact) mass is 363 g/mol. The van der Waals surface area contributed by atoms with Crippen molar-refractivity contribution in [2.24, 2.45) is 5.92 Å². The molecule has 0 aromatic heterocycles. The highest BCUT2D eigenvalue weighted by Crippen LogP contribution is 2.27. The Kier molecular flexibility index (Phi) is 6.30. The second-order valence-corrected chi connectivity index (χ2v) is 14.3. The van der Waals surface area contributed by atoms with Gasteiger partial charge in [0.25, 0.3) is 0 Å². The van der Waals surface area contributed by atoms with Gasteiger partial charge in [0, 0.05) is 0 Å². The first kappa shape index (κ1) is 19.2. The number of hydrogen-bond donors (Lipinski definition) is 1. The topological polar surface area (TPSA) is 46.2 Å². The summed E-state index contributed by atoms with van der Waals surface area (Å²) in [7, 11) is -5.07. The van der Waals surface area contributed by atoms with Crippen molar-refractivity contribution in [1.82, 2.24) is 4.72 Å². The van der Waals surface area contributed by atoms with E-state index in [-0.39, 0.29) is 6.04 Å². The van der Waals surface area contributed by atoms with Gasteiger partial charge in [-0.25, -0.2) is 8.42 Å². The van der Waals surface area contributed by atoms with Crippen molar-refractivity contribution >= 4 is 18.1 Å². The fourth-order valence-electron chi connectivity index (χ4n) is 2.96. The number of rotatable bonds is 4. The summed E-state index contributed by atoms with van der Waals surface area (Å²) in [6.45, 7) is 8.51. The number of hydrogen-bond acceptors (Lipinski definition) is 2. The zero-order valence-electron chi connectivity index (χ0n) is 15.2. The first-order valence-corrected chi connectivity index (χ1v) is 13.8. The van der Waals surface area contributed by atoms with Gasteiger partial charge in [-0.15, -0.1) is 5.54 Å². The molecule has 1 aromatic carbocycles. The molecule has 0 heterocycles. The molecule has 1 unspecified atom stereocenters. The van der Waals surface area contributed by atoms with Gasteiger partial charge in [-0.1, -0.05) is 62.5 Å². The van der Waals surface area contributed by atoms with Crippen LogP contribution in [-0.4, -0.2) is 22.5 Å². The molecule has 5 heteroatoms. The first-order valence-electron chi connectivity index (χ1n) is 8.79. The summed E-state index contributed by atoms with van der Waals surface area (Å²) in [4.78, 5) is 0.323. The van der Waals surface area contributed by atoms with E-state index < -0.39 is 18.1 Å². The van der Waals surface area contributed by atoms with Crippen LogP contribution >= 0.6 is 0 Å². The Labute approximate surface area is 148 Å². The molecule has 0 amide bonds. The van der Waals surface area contributed by atoms with Crippen LogP contribution in [0.15, 0.2) is 29.2 Å². The summed E-state index contributed by atoms with van der Waals surface area (Å²) < 4.78 is 28.4. The second-order valence-electron chi connectivity index (χ2n) is 7.83. The Morgan fingerprint density at radius 2 is 1.67 bits per heavy atom. The van der Waals surface area contributed by atoms with Crippen molar-refractivity contribution in [3.8, 4) is 11.5 Å². The molecule has 3 nitrogen and oxygen atoms in total. The highest BCUT2D eigenvalue weighted by molar-refractivity contribution is 7.89. The maximum Gasteiger partial charge on any atom is 0.241 e. The fraction of sp³-hybridized carbons (Fsp3) is 0.579.